The minimum absolute atomic E-state index is 0.0358. The Balaban J connectivity index is 2.35. The van der Waals surface area contributed by atoms with Crippen molar-refractivity contribution >= 4 is 11.5 Å². The number of nitrogens with two attached hydrogens (primary N) is 1. The highest BCUT2D eigenvalue weighted by Gasteiger charge is 2.15. The second-order valence-corrected chi connectivity index (χ2v) is 4.01. The third kappa shape index (κ3) is 2.25. The van der Waals surface area contributed by atoms with Gasteiger partial charge in [-0.2, -0.15) is 5.10 Å². The summed E-state index contributed by atoms with van der Waals surface area (Å²) in [5, 5.41) is 4.07. The van der Waals surface area contributed by atoms with Gasteiger partial charge in [0.2, 0.25) is 5.78 Å². The molecule has 4 nitrogen and oxygen atoms in total. The third-order valence-corrected chi connectivity index (χ3v) is 2.65. The number of hydrogen-bond acceptors (Lipinski definition) is 3. The number of halogens is 1. The van der Waals surface area contributed by atoms with Crippen LogP contribution in [0.5, 0.6) is 0 Å². The quantitative estimate of drug-likeness (QED) is 0.665. The summed E-state index contributed by atoms with van der Waals surface area (Å²) in [6, 6.07) is 5.69. The predicted octanol–water partition coefficient (Wildman–Crippen LogP) is 2.25. The van der Waals surface area contributed by atoms with Gasteiger partial charge in [0.1, 0.15) is 11.5 Å². The highest BCUT2D eigenvalue weighted by molar-refractivity contribution is 6.08. The number of ketones is 1. The molecule has 2 rings (SSSR count). The number of aryl methyl sites for hydroxylation is 1. The van der Waals surface area contributed by atoms with Gasteiger partial charge in [-0.25, -0.2) is 4.39 Å². The fourth-order valence-electron chi connectivity index (χ4n) is 1.73. The maximum absolute atomic E-state index is 13.3. The minimum Gasteiger partial charge on any atom is -0.396 e. The number of carbonyl (C=O) groups excluding carboxylic acids is 1. The lowest BCUT2D eigenvalue weighted by molar-refractivity contribution is 0.102. The second kappa shape index (κ2) is 5.00. The van der Waals surface area contributed by atoms with Crippen LogP contribution in [0, 0.1) is 5.82 Å². The van der Waals surface area contributed by atoms with E-state index in [4.69, 9.17) is 5.73 Å². The lowest BCUT2D eigenvalue weighted by Crippen LogP contribution is -2.11. The number of hydrogen-bond donors (Lipinski definition) is 1. The Hall–Kier alpha value is -2.17. The van der Waals surface area contributed by atoms with E-state index in [1.807, 2.05) is 6.92 Å². The van der Waals surface area contributed by atoms with Crippen LogP contribution >= 0.6 is 0 Å². The molecule has 0 fully saturated rings. The zero-order chi connectivity index (χ0) is 13.1. The molecule has 0 aliphatic heterocycles. The fraction of sp³-hybridized carbons (Fsp3) is 0.231. The van der Waals surface area contributed by atoms with E-state index in [0.29, 0.717) is 12.2 Å². The molecule has 0 saturated heterocycles. The van der Waals surface area contributed by atoms with Crippen LogP contribution in [0.2, 0.25) is 0 Å². The van der Waals surface area contributed by atoms with Gasteiger partial charge < -0.3 is 5.73 Å². The molecule has 2 aromatic rings. The molecular weight excluding hydrogens is 233 g/mol. The molecule has 1 heterocycles. The van der Waals surface area contributed by atoms with Crippen molar-refractivity contribution in [2.75, 3.05) is 5.73 Å². The molecule has 0 bridgehead atoms. The first-order chi connectivity index (χ1) is 8.63. The molecular formula is C13H14FN3O. The predicted molar refractivity (Wildman–Crippen MR) is 66.8 cm³/mol. The fourth-order valence-corrected chi connectivity index (χ4v) is 1.73. The van der Waals surface area contributed by atoms with Crippen molar-refractivity contribution in [1.29, 1.82) is 0 Å². The van der Waals surface area contributed by atoms with E-state index in [-0.39, 0.29) is 17.0 Å². The van der Waals surface area contributed by atoms with E-state index in [2.05, 4.69) is 5.10 Å². The Morgan fingerprint density at radius 2 is 2.22 bits per heavy atom. The second-order valence-electron chi connectivity index (χ2n) is 4.01. The summed E-state index contributed by atoms with van der Waals surface area (Å²) in [5.41, 5.74) is 6.15. The van der Waals surface area contributed by atoms with Gasteiger partial charge in [-0.05, 0) is 30.7 Å². The number of benzene rings is 1. The summed E-state index contributed by atoms with van der Waals surface area (Å²) in [6.07, 6.45) is 2.44. The molecule has 18 heavy (non-hydrogen) atoms. The number of aromatic nitrogens is 2. The van der Waals surface area contributed by atoms with E-state index in [0.717, 1.165) is 12.5 Å². The molecule has 0 radical (unpaired) electrons. The lowest BCUT2D eigenvalue weighted by atomic mass is 10.1. The number of nitrogens with zero attached hydrogens (tertiary/aromatic N) is 2. The SMILES string of the molecule is CCCn1nccc1C(=O)c1ccc(N)c(F)c1. The van der Waals surface area contributed by atoms with Crippen molar-refractivity contribution in [3.8, 4) is 0 Å². The molecule has 0 aliphatic rings. The van der Waals surface area contributed by atoms with Crippen molar-refractivity contribution in [3.63, 3.8) is 0 Å². The summed E-state index contributed by atoms with van der Waals surface area (Å²) < 4.78 is 15.0. The van der Waals surface area contributed by atoms with Crippen molar-refractivity contribution < 1.29 is 9.18 Å². The first kappa shape index (κ1) is 12.3. The standard InChI is InChI=1S/C13H14FN3O/c1-2-7-17-12(5-6-16-17)13(18)9-3-4-11(15)10(14)8-9/h3-6,8H,2,7,15H2,1H3. The van der Waals surface area contributed by atoms with E-state index in [9.17, 15) is 9.18 Å². The average Bonchev–Trinajstić information content (AvgIpc) is 2.80. The summed E-state index contributed by atoms with van der Waals surface area (Å²) in [6.45, 7) is 2.66. The van der Waals surface area contributed by atoms with Crippen molar-refractivity contribution in [3.05, 3.63) is 47.5 Å². The van der Waals surface area contributed by atoms with E-state index in [1.165, 1.54) is 12.1 Å². The zero-order valence-electron chi connectivity index (χ0n) is 10.1. The van der Waals surface area contributed by atoms with Gasteiger partial charge in [-0.1, -0.05) is 6.92 Å². The van der Waals surface area contributed by atoms with E-state index in [1.54, 1.807) is 16.9 Å². The summed E-state index contributed by atoms with van der Waals surface area (Å²) in [7, 11) is 0. The monoisotopic (exact) mass is 247 g/mol. The molecule has 0 spiro atoms. The number of rotatable bonds is 4. The molecule has 94 valence electrons. The Labute approximate surface area is 104 Å². The molecule has 0 amide bonds. The summed E-state index contributed by atoms with van der Waals surface area (Å²) in [5.74, 6) is -0.831. The smallest absolute Gasteiger partial charge is 0.211 e. The van der Waals surface area contributed by atoms with Crippen LogP contribution < -0.4 is 5.73 Å². The molecule has 0 aliphatic carbocycles. The van der Waals surface area contributed by atoms with Gasteiger partial charge >= 0.3 is 0 Å². The van der Waals surface area contributed by atoms with Crippen LogP contribution in [-0.2, 0) is 6.54 Å². The van der Waals surface area contributed by atoms with Gasteiger partial charge in [-0.15, -0.1) is 0 Å². The van der Waals surface area contributed by atoms with Crippen LogP contribution in [-0.4, -0.2) is 15.6 Å². The van der Waals surface area contributed by atoms with Gasteiger partial charge in [0.15, 0.2) is 0 Å². The topological polar surface area (TPSA) is 60.9 Å². The highest BCUT2D eigenvalue weighted by Crippen LogP contribution is 2.15. The molecule has 0 saturated carbocycles. The van der Waals surface area contributed by atoms with E-state index >= 15 is 0 Å². The highest BCUT2D eigenvalue weighted by atomic mass is 19.1. The van der Waals surface area contributed by atoms with Crippen LogP contribution in [0.3, 0.4) is 0 Å². The third-order valence-electron chi connectivity index (χ3n) is 2.65. The summed E-state index contributed by atoms with van der Waals surface area (Å²) in [4.78, 5) is 12.2. The van der Waals surface area contributed by atoms with Crippen LogP contribution in [0.4, 0.5) is 10.1 Å². The van der Waals surface area contributed by atoms with Crippen molar-refractivity contribution in [1.82, 2.24) is 9.78 Å². The minimum atomic E-state index is -0.581. The van der Waals surface area contributed by atoms with Crippen molar-refractivity contribution in [2.45, 2.75) is 19.9 Å². The molecule has 0 unspecified atom stereocenters. The van der Waals surface area contributed by atoms with Crippen LogP contribution in [0.1, 0.15) is 29.4 Å². The lowest BCUT2D eigenvalue weighted by Gasteiger charge is -2.06. The van der Waals surface area contributed by atoms with Gasteiger partial charge in [0.05, 0.1) is 5.69 Å². The van der Waals surface area contributed by atoms with Gasteiger partial charge in [0.25, 0.3) is 0 Å². The first-order valence-corrected chi connectivity index (χ1v) is 5.75. The Morgan fingerprint density at radius 3 is 2.89 bits per heavy atom. The van der Waals surface area contributed by atoms with E-state index < -0.39 is 5.82 Å². The summed E-state index contributed by atoms with van der Waals surface area (Å²) >= 11 is 0. The normalized spacial score (nSPS) is 10.6. The average molecular weight is 247 g/mol. The Morgan fingerprint density at radius 1 is 1.44 bits per heavy atom. The van der Waals surface area contributed by atoms with Gasteiger partial charge in [-0.3, -0.25) is 9.48 Å². The van der Waals surface area contributed by atoms with Crippen molar-refractivity contribution in [2.24, 2.45) is 0 Å². The first-order valence-electron chi connectivity index (χ1n) is 5.75. The molecule has 2 N–H and O–H groups in total. The molecule has 1 aromatic carbocycles. The maximum atomic E-state index is 13.3. The number of nitrogen functional groups attached to an aromatic ring is 1. The Bertz CT molecular complexity index is 577. The van der Waals surface area contributed by atoms with Crippen LogP contribution in [0.25, 0.3) is 0 Å². The molecule has 1 aromatic heterocycles. The van der Waals surface area contributed by atoms with Gasteiger partial charge in [0, 0.05) is 18.3 Å². The van der Waals surface area contributed by atoms with Crippen LogP contribution in [0.15, 0.2) is 30.5 Å². The maximum Gasteiger partial charge on any atom is 0.211 e. The number of carbonyl (C=O) groups is 1. The number of anilines is 1. The zero-order valence-corrected chi connectivity index (χ0v) is 10.1. The Kier molecular flexibility index (Phi) is 3.41. The molecule has 5 heteroatoms. The molecule has 0 atom stereocenters. The largest absolute Gasteiger partial charge is 0.396 e.